The first-order valence-corrected chi connectivity index (χ1v) is 34.7. The van der Waals surface area contributed by atoms with Gasteiger partial charge in [-0.25, -0.2) is 0 Å². The van der Waals surface area contributed by atoms with Crippen LogP contribution in [0.4, 0.5) is 0 Å². The molecule has 532 valence electrons. The Kier molecular flexibility index (Phi) is 48.4. The van der Waals surface area contributed by atoms with Crippen LogP contribution >= 0.6 is 0 Å². The number of aliphatic hydroxyl groups excluding tert-OH is 11. The van der Waals surface area contributed by atoms with Crippen molar-refractivity contribution in [3.8, 4) is 0 Å². The van der Waals surface area contributed by atoms with Crippen molar-refractivity contribution in [2.24, 2.45) is 0 Å². The molecule has 19 nitrogen and oxygen atoms in total. The second-order valence-electron chi connectivity index (χ2n) is 23.9. The second kappa shape index (κ2) is 54.4. The molecule has 3 rings (SSSR count). The van der Waals surface area contributed by atoms with E-state index in [1.807, 2.05) is 6.08 Å². The maximum atomic E-state index is 13.4. The molecule has 12 N–H and O–H groups in total. The van der Waals surface area contributed by atoms with Crippen molar-refractivity contribution in [2.45, 2.75) is 279 Å². The summed E-state index contributed by atoms with van der Waals surface area (Å²) in [5.74, 6) is -0.314. The van der Waals surface area contributed by atoms with Crippen LogP contribution in [0.2, 0.25) is 0 Å². The van der Waals surface area contributed by atoms with Crippen LogP contribution < -0.4 is 5.32 Å². The summed E-state index contributed by atoms with van der Waals surface area (Å²) in [5, 5.41) is 120. The predicted molar refractivity (Wildman–Crippen MR) is 369 cm³/mol. The zero-order valence-electron chi connectivity index (χ0n) is 56.1. The van der Waals surface area contributed by atoms with Gasteiger partial charge >= 0.3 is 0 Å². The van der Waals surface area contributed by atoms with Gasteiger partial charge in [0.25, 0.3) is 0 Å². The molecule has 0 aromatic heterocycles. The minimum absolute atomic E-state index is 0.203. The van der Waals surface area contributed by atoms with Crippen molar-refractivity contribution in [1.29, 1.82) is 0 Å². The topological polar surface area (TPSA) is 307 Å². The Labute approximate surface area is 561 Å². The molecule has 17 unspecified atom stereocenters. The van der Waals surface area contributed by atoms with E-state index in [0.717, 1.165) is 128 Å². The minimum atomic E-state index is -1.99. The molecule has 0 aromatic carbocycles. The number of unbranched alkanes of at least 4 members (excludes halogenated alkanes) is 10. The van der Waals surface area contributed by atoms with Gasteiger partial charge in [0, 0.05) is 6.42 Å². The maximum Gasteiger partial charge on any atom is 0.220 e. The third-order valence-corrected chi connectivity index (χ3v) is 16.0. The summed E-state index contributed by atoms with van der Waals surface area (Å²) in [6.45, 7) is 1.48. The Hall–Kier alpha value is -4.59. The lowest BCUT2D eigenvalue weighted by molar-refractivity contribution is -0.379. The summed E-state index contributed by atoms with van der Waals surface area (Å²) in [5.41, 5.74) is 0. The van der Waals surface area contributed by atoms with Crippen molar-refractivity contribution < 1.29 is 89.4 Å². The normalized spacial score (nSPS) is 28.4. The van der Waals surface area contributed by atoms with E-state index in [1.165, 1.54) is 12.8 Å². The summed E-state index contributed by atoms with van der Waals surface area (Å²) >= 11 is 0. The Morgan fingerprint density at radius 2 is 0.745 bits per heavy atom. The highest BCUT2D eigenvalue weighted by atomic mass is 16.8. The smallest absolute Gasteiger partial charge is 0.220 e. The molecule has 3 saturated heterocycles. The summed E-state index contributed by atoms with van der Waals surface area (Å²) in [6, 6.07) is -1.02. The first-order valence-electron chi connectivity index (χ1n) is 34.7. The fraction of sp³-hybridized carbons (Fsp3) is 0.640. The van der Waals surface area contributed by atoms with Gasteiger partial charge in [-0.3, -0.25) is 4.79 Å². The van der Waals surface area contributed by atoms with E-state index in [1.54, 1.807) is 6.08 Å². The van der Waals surface area contributed by atoms with Gasteiger partial charge in [-0.15, -0.1) is 0 Å². The molecular weight excluding hydrogens is 1200 g/mol. The zero-order valence-corrected chi connectivity index (χ0v) is 56.1. The average molecular weight is 1320 g/mol. The summed E-state index contributed by atoms with van der Waals surface area (Å²) < 4.78 is 34.2. The van der Waals surface area contributed by atoms with Crippen LogP contribution in [-0.2, 0) is 33.2 Å². The third kappa shape index (κ3) is 35.6. The van der Waals surface area contributed by atoms with Crippen molar-refractivity contribution in [3.63, 3.8) is 0 Å². The molecule has 94 heavy (non-hydrogen) atoms. The summed E-state index contributed by atoms with van der Waals surface area (Å²) in [6.07, 6.45) is 52.4. The quantitative estimate of drug-likeness (QED) is 0.0199. The number of allylic oxidation sites excluding steroid dienone is 25. The number of ether oxygens (including phenoxy) is 6. The molecule has 19 heteroatoms. The van der Waals surface area contributed by atoms with E-state index in [4.69, 9.17) is 28.4 Å². The average Bonchev–Trinajstić information content (AvgIpc) is 0.794. The number of aliphatic hydroxyl groups is 11. The molecule has 0 aliphatic carbocycles. The van der Waals surface area contributed by atoms with E-state index < -0.39 is 124 Å². The van der Waals surface area contributed by atoms with Crippen LogP contribution in [0, 0.1) is 0 Å². The first-order chi connectivity index (χ1) is 45.8. The summed E-state index contributed by atoms with van der Waals surface area (Å²) in [7, 11) is 0. The van der Waals surface area contributed by atoms with Crippen LogP contribution in [0.5, 0.6) is 0 Å². The highest BCUT2D eigenvalue weighted by molar-refractivity contribution is 5.76. The molecule has 0 aromatic rings. The molecule has 3 aliphatic heterocycles. The number of nitrogens with one attached hydrogen (secondary N) is 1. The fourth-order valence-electron chi connectivity index (χ4n) is 10.4. The SMILES string of the molecule is CC/C=C\C/C=C\C/C=C\C/C=C\C/C=C\C/C=C\C/C=C\C/C=C\C/C=C\C/C=C\CCCCCCCCC(=O)NC(COC1OC(CO)C(OC2OC(CO)C(OC3OC(CO)C(O)C(O)C3O)C(O)C2O)C(O)C1O)C(O)/C=C/CC/C=C/CC/C=C/CCCC. The fourth-order valence-corrected chi connectivity index (χ4v) is 10.4. The number of hydrogen-bond acceptors (Lipinski definition) is 18. The van der Waals surface area contributed by atoms with Crippen molar-refractivity contribution in [2.75, 3.05) is 26.4 Å². The van der Waals surface area contributed by atoms with Gasteiger partial charge in [0.05, 0.1) is 38.6 Å². The predicted octanol–water partition coefficient (Wildman–Crippen LogP) is 9.32. The van der Waals surface area contributed by atoms with Gasteiger partial charge in [-0.1, -0.05) is 210 Å². The maximum absolute atomic E-state index is 13.4. The molecule has 3 aliphatic rings. The van der Waals surface area contributed by atoms with Crippen LogP contribution in [0.25, 0.3) is 0 Å². The van der Waals surface area contributed by atoms with Crippen molar-refractivity contribution >= 4 is 5.91 Å². The van der Waals surface area contributed by atoms with Gasteiger partial charge in [0.15, 0.2) is 18.9 Å². The monoisotopic (exact) mass is 1320 g/mol. The Morgan fingerprint density at radius 1 is 0.394 bits per heavy atom. The lowest BCUT2D eigenvalue weighted by Crippen LogP contribution is -2.66. The van der Waals surface area contributed by atoms with Gasteiger partial charge < -0.3 is 89.9 Å². The van der Waals surface area contributed by atoms with Crippen LogP contribution in [-0.4, -0.2) is 193 Å². The number of hydrogen-bond donors (Lipinski definition) is 12. The molecular formula is C75H119NO18. The van der Waals surface area contributed by atoms with Crippen LogP contribution in [0.15, 0.2) is 158 Å². The Balaban J connectivity index is 1.37. The molecule has 3 heterocycles. The van der Waals surface area contributed by atoms with E-state index in [2.05, 4.69) is 165 Å². The standard InChI is InChI=1S/C75H119NO18/c1-3-5-7-9-11-13-15-17-18-19-20-21-22-23-24-25-26-27-28-29-30-31-32-33-34-35-36-37-38-39-40-41-43-45-47-49-51-53-63(81)76-58(59(80)52-50-48-46-44-42-16-14-12-10-8-6-4-2)57-89-73-69(87)66(84)71(61(55-78)91-73)94-75-70(88)67(85)72(62(56-79)92-75)93-74-68(86)65(83)64(82)60(54-77)90-74/h5,7,10-13,17-18,20-21,23-24,26-27,29-30,32-33,35-36,38-39,42,44,50,52,58-62,64-75,77-80,82-88H,3-4,6,8-9,14-16,19,22,25,28,31,34,37,40-41,43,45-49,51,53-57H2,1-2H3,(H,76,81)/b7-5-,12-10+,13-11-,18-17-,21-20-,24-23-,27-26-,30-29-,33-32-,36-35-,39-38-,44-42+,52-50+. The van der Waals surface area contributed by atoms with E-state index >= 15 is 0 Å². The number of amides is 1. The first kappa shape index (κ1) is 83.6. The molecule has 0 saturated carbocycles. The van der Waals surface area contributed by atoms with Crippen molar-refractivity contribution in [3.05, 3.63) is 158 Å². The molecule has 17 atom stereocenters. The third-order valence-electron chi connectivity index (χ3n) is 16.0. The largest absolute Gasteiger partial charge is 0.394 e. The highest BCUT2D eigenvalue weighted by Crippen LogP contribution is 2.33. The lowest BCUT2D eigenvalue weighted by atomic mass is 9.96. The number of carbonyl (C=O) groups is 1. The van der Waals surface area contributed by atoms with Crippen LogP contribution in [0.1, 0.15) is 174 Å². The molecule has 0 spiro atoms. The molecule has 3 fully saturated rings. The number of carbonyl (C=O) groups excluding carboxylic acids is 1. The zero-order chi connectivity index (χ0) is 68.2. The molecule has 1 amide bonds. The lowest BCUT2D eigenvalue weighted by Gasteiger charge is -2.48. The molecule has 0 radical (unpaired) electrons. The minimum Gasteiger partial charge on any atom is -0.394 e. The Morgan fingerprint density at radius 3 is 1.19 bits per heavy atom. The molecule has 0 bridgehead atoms. The van der Waals surface area contributed by atoms with Crippen molar-refractivity contribution in [1.82, 2.24) is 5.32 Å². The summed E-state index contributed by atoms with van der Waals surface area (Å²) in [4.78, 5) is 13.4. The Bertz CT molecular complexity index is 2320. The highest BCUT2D eigenvalue weighted by Gasteiger charge is 2.53. The van der Waals surface area contributed by atoms with Crippen LogP contribution in [0.3, 0.4) is 0 Å². The van der Waals surface area contributed by atoms with E-state index in [-0.39, 0.29) is 18.9 Å². The number of rotatable bonds is 50. The van der Waals surface area contributed by atoms with E-state index in [9.17, 15) is 61.0 Å². The van der Waals surface area contributed by atoms with Gasteiger partial charge in [-0.05, 0) is 116 Å². The van der Waals surface area contributed by atoms with Gasteiger partial charge in [0.1, 0.15) is 73.2 Å². The van der Waals surface area contributed by atoms with E-state index in [0.29, 0.717) is 12.8 Å². The van der Waals surface area contributed by atoms with Gasteiger partial charge in [0.2, 0.25) is 5.91 Å². The second-order valence-corrected chi connectivity index (χ2v) is 23.9. The van der Waals surface area contributed by atoms with Gasteiger partial charge in [-0.2, -0.15) is 0 Å².